The maximum Gasteiger partial charge on any atom is 0.428 e. The molecule has 0 spiro atoms. The number of alkyl halides is 3. The number of amides is 1. The molecule has 3 aromatic carbocycles. The SMILES string of the molecule is CCONC=CNC(=O)c1ccc(C2=CC(c3cc(Cl)c(Cl)c(Cl)c3)(C(F)(F)F)ON2)c2ccccc12. The van der Waals surface area contributed by atoms with E-state index < -0.39 is 17.7 Å². The molecule has 1 aliphatic rings. The van der Waals surface area contributed by atoms with E-state index in [2.05, 4.69) is 16.3 Å². The van der Waals surface area contributed by atoms with Gasteiger partial charge in [0.15, 0.2) is 0 Å². The topological polar surface area (TPSA) is 71.6 Å². The molecule has 1 amide bonds. The van der Waals surface area contributed by atoms with Gasteiger partial charge < -0.3 is 5.32 Å². The minimum absolute atomic E-state index is 0.0449. The van der Waals surface area contributed by atoms with E-state index in [4.69, 9.17) is 44.5 Å². The molecule has 0 saturated carbocycles. The Bertz CT molecular complexity index is 1390. The standard InChI is InChI=1S/C25H19Cl3F3N3O3/c1-2-36-33-10-9-32-23(35)18-8-7-17(15-5-3-4-6-16(15)18)21-13-24(37-34-21,25(29,30)31)14-11-19(26)22(28)20(27)12-14/h3-13,33-34H,2H2,1H3,(H,32,35). The van der Waals surface area contributed by atoms with Crippen LogP contribution >= 0.6 is 34.8 Å². The Hall–Kier alpha value is -2.95. The summed E-state index contributed by atoms with van der Waals surface area (Å²) in [6.07, 6.45) is -1.20. The zero-order valence-electron chi connectivity index (χ0n) is 19.1. The number of benzene rings is 3. The molecule has 0 fully saturated rings. The maximum atomic E-state index is 14.4. The van der Waals surface area contributed by atoms with Gasteiger partial charge in [-0.15, -0.1) is 0 Å². The van der Waals surface area contributed by atoms with Gasteiger partial charge in [0.25, 0.3) is 5.91 Å². The number of hydrogen-bond acceptors (Lipinski definition) is 5. The second-order valence-electron chi connectivity index (χ2n) is 7.81. The van der Waals surface area contributed by atoms with Crippen LogP contribution in [-0.2, 0) is 15.3 Å². The van der Waals surface area contributed by atoms with Crippen LogP contribution in [0.1, 0.15) is 28.4 Å². The maximum absolute atomic E-state index is 14.4. The summed E-state index contributed by atoms with van der Waals surface area (Å²) >= 11 is 18.0. The van der Waals surface area contributed by atoms with Gasteiger partial charge in [0.05, 0.1) is 27.4 Å². The molecule has 6 nitrogen and oxygen atoms in total. The summed E-state index contributed by atoms with van der Waals surface area (Å²) in [5.41, 5.74) is 2.44. The molecule has 0 saturated heterocycles. The molecule has 0 aliphatic carbocycles. The number of hydroxylamine groups is 2. The molecule has 12 heteroatoms. The highest BCUT2D eigenvalue weighted by Gasteiger charge is 2.60. The molecule has 4 rings (SSSR count). The van der Waals surface area contributed by atoms with Gasteiger partial charge in [0.2, 0.25) is 5.60 Å². The molecule has 3 N–H and O–H groups in total. The quantitative estimate of drug-likeness (QED) is 0.164. The van der Waals surface area contributed by atoms with Gasteiger partial charge in [-0.2, -0.15) is 13.2 Å². The summed E-state index contributed by atoms with van der Waals surface area (Å²) < 4.78 is 43.3. The molecule has 0 aromatic heterocycles. The van der Waals surface area contributed by atoms with Gasteiger partial charge in [-0.1, -0.05) is 65.1 Å². The summed E-state index contributed by atoms with van der Waals surface area (Å²) in [6, 6.07) is 12.0. The number of rotatable bonds is 7. The molecule has 3 aromatic rings. The monoisotopic (exact) mass is 571 g/mol. The fraction of sp³-hybridized carbons (Fsp3) is 0.160. The van der Waals surface area contributed by atoms with E-state index in [1.165, 1.54) is 24.5 Å². The number of carbonyl (C=O) groups is 1. The third-order valence-electron chi connectivity index (χ3n) is 5.56. The number of fused-ring (bicyclic) bond motifs is 1. The van der Waals surface area contributed by atoms with Crippen molar-refractivity contribution in [1.82, 2.24) is 16.3 Å². The third-order valence-corrected chi connectivity index (χ3v) is 6.75. The first-order chi connectivity index (χ1) is 17.6. The van der Waals surface area contributed by atoms with Gasteiger partial charge in [-0.05, 0) is 42.0 Å². The molecule has 1 heterocycles. The van der Waals surface area contributed by atoms with Crippen molar-refractivity contribution in [3.05, 3.63) is 98.8 Å². The second-order valence-corrected chi connectivity index (χ2v) is 9.01. The Labute approximate surface area is 224 Å². The lowest BCUT2D eigenvalue weighted by Crippen LogP contribution is -2.42. The van der Waals surface area contributed by atoms with E-state index in [1.54, 1.807) is 31.2 Å². The van der Waals surface area contributed by atoms with E-state index >= 15 is 0 Å². The van der Waals surface area contributed by atoms with Crippen LogP contribution < -0.4 is 16.3 Å². The Morgan fingerprint density at radius 3 is 2.41 bits per heavy atom. The summed E-state index contributed by atoms with van der Waals surface area (Å²) in [6.45, 7) is 2.23. The lowest BCUT2D eigenvalue weighted by Gasteiger charge is -2.29. The summed E-state index contributed by atoms with van der Waals surface area (Å²) in [7, 11) is 0. The predicted octanol–water partition coefficient (Wildman–Crippen LogP) is 6.88. The van der Waals surface area contributed by atoms with Gasteiger partial charge in [0.1, 0.15) is 0 Å². The highest BCUT2D eigenvalue weighted by Crippen LogP contribution is 2.49. The molecular formula is C25H19Cl3F3N3O3. The first-order valence-corrected chi connectivity index (χ1v) is 12.0. The average Bonchev–Trinajstić information content (AvgIpc) is 3.33. The van der Waals surface area contributed by atoms with Crippen molar-refractivity contribution in [3.8, 4) is 0 Å². The van der Waals surface area contributed by atoms with Crippen molar-refractivity contribution in [1.29, 1.82) is 0 Å². The molecule has 1 unspecified atom stereocenters. The van der Waals surface area contributed by atoms with Crippen LogP contribution in [0, 0.1) is 0 Å². The van der Waals surface area contributed by atoms with E-state index in [9.17, 15) is 18.0 Å². The Morgan fingerprint density at radius 2 is 1.76 bits per heavy atom. The van der Waals surface area contributed by atoms with Crippen molar-refractivity contribution in [3.63, 3.8) is 0 Å². The third kappa shape index (κ3) is 5.23. The van der Waals surface area contributed by atoms with Gasteiger partial charge in [-0.3, -0.25) is 25.4 Å². The van der Waals surface area contributed by atoms with Gasteiger partial charge in [0, 0.05) is 29.1 Å². The number of hydrogen-bond donors (Lipinski definition) is 3. The Morgan fingerprint density at radius 1 is 1.08 bits per heavy atom. The van der Waals surface area contributed by atoms with Crippen LogP contribution in [0.25, 0.3) is 16.5 Å². The Balaban J connectivity index is 1.77. The minimum atomic E-state index is -4.89. The first-order valence-electron chi connectivity index (χ1n) is 10.8. The summed E-state index contributed by atoms with van der Waals surface area (Å²) in [5, 5.41) is 3.29. The zero-order chi connectivity index (χ0) is 26.8. The Kier molecular flexibility index (Phi) is 7.91. The van der Waals surface area contributed by atoms with Crippen molar-refractivity contribution >= 4 is 57.2 Å². The average molecular weight is 573 g/mol. The van der Waals surface area contributed by atoms with E-state index in [0.717, 1.165) is 18.2 Å². The minimum Gasteiger partial charge on any atom is -0.327 e. The van der Waals surface area contributed by atoms with Crippen LogP contribution in [0.3, 0.4) is 0 Å². The molecule has 0 radical (unpaired) electrons. The van der Waals surface area contributed by atoms with Crippen LogP contribution in [0.2, 0.25) is 15.1 Å². The molecule has 0 bridgehead atoms. The number of carbonyl (C=O) groups excluding carboxylic acids is 1. The normalized spacial score (nSPS) is 17.6. The van der Waals surface area contributed by atoms with Crippen molar-refractivity contribution < 1.29 is 27.6 Å². The van der Waals surface area contributed by atoms with Crippen molar-refractivity contribution in [2.75, 3.05) is 6.61 Å². The van der Waals surface area contributed by atoms with E-state index in [1.807, 2.05) is 0 Å². The smallest absolute Gasteiger partial charge is 0.327 e. The molecule has 37 heavy (non-hydrogen) atoms. The van der Waals surface area contributed by atoms with Crippen LogP contribution in [0.5, 0.6) is 0 Å². The lowest BCUT2D eigenvalue weighted by molar-refractivity contribution is -0.269. The zero-order valence-corrected chi connectivity index (χ0v) is 21.3. The predicted molar refractivity (Wildman–Crippen MR) is 137 cm³/mol. The van der Waals surface area contributed by atoms with Gasteiger partial charge in [-0.25, -0.2) is 0 Å². The fourth-order valence-electron chi connectivity index (χ4n) is 3.84. The van der Waals surface area contributed by atoms with Crippen LogP contribution in [0.15, 0.2) is 67.0 Å². The summed E-state index contributed by atoms with van der Waals surface area (Å²) in [5.74, 6) is -0.419. The van der Waals surface area contributed by atoms with E-state index in [-0.39, 0.29) is 26.3 Å². The second kappa shape index (κ2) is 10.8. The fourth-order valence-corrected chi connectivity index (χ4v) is 4.43. The molecule has 1 atom stereocenters. The van der Waals surface area contributed by atoms with E-state index in [0.29, 0.717) is 28.5 Å². The van der Waals surface area contributed by atoms with Crippen molar-refractivity contribution in [2.45, 2.75) is 18.7 Å². The molecular weight excluding hydrogens is 554 g/mol. The first kappa shape index (κ1) is 27.1. The number of halogens is 6. The summed E-state index contributed by atoms with van der Waals surface area (Å²) in [4.78, 5) is 22.9. The van der Waals surface area contributed by atoms with Gasteiger partial charge >= 0.3 is 6.18 Å². The number of nitrogens with one attached hydrogen (secondary N) is 3. The molecule has 1 aliphatic heterocycles. The highest BCUT2D eigenvalue weighted by atomic mass is 35.5. The van der Waals surface area contributed by atoms with Crippen molar-refractivity contribution in [2.24, 2.45) is 0 Å². The largest absolute Gasteiger partial charge is 0.428 e. The van der Waals surface area contributed by atoms with Crippen LogP contribution in [-0.4, -0.2) is 18.7 Å². The lowest BCUT2D eigenvalue weighted by atomic mass is 9.90. The van der Waals surface area contributed by atoms with Crippen LogP contribution in [0.4, 0.5) is 13.2 Å². The molecule has 194 valence electrons. The highest BCUT2D eigenvalue weighted by molar-refractivity contribution is 6.48.